The Morgan fingerprint density at radius 1 is 0.840 bits per heavy atom. The highest BCUT2D eigenvalue weighted by Gasteiger charge is 2.16. The minimum Gasteiger partial charge on any atom is -0.493 e. The number of fused-ring (bicyclic) bond motifs is 1. The lowest BCUT2D eigenvalue weighted by molar-refractivity contribution is 0.444. The molecule has 124 valence electrons. The van der Waals surface area contributed by atoms with Gasteiger partial charge >= 0.3 is 0 Å². The lowest BCUT2D eigenvalue weighted by Gasteiger charge is -2.10. The molecule has 0 saturated heterocycles. The van der Waals surface area contributed by atoms with Crippen LogP contribution in [0.15, 0.2) is 54.7 Å². The van der Waals surface area contributed by atoms with Crippen LogP contribution in [0.4, 0.5) is 0 Å². The summed E-state index contributed by atoms with van der Waals surface area (Å²) in [6.45, 7) is 5.95. The number of imidazole rings is 1. The van der Waals surface area contributed by atoms with E-state index in [0.29, 0.717) is 11.3 Å². The third-order valence-electron chi connectivity index (χ3n) is 4.31. The fourth-order valence-corrected chi connectivity index (χ4v) is 3.20. The van der Waals surface area contributed by atoms with E-state index >= 15 is 0 Å². The Morgan fingerprint density at radius 2 is 1.52 bits per heavy atom. The first-order valence-electron chi connectivity index (χ1n) is 8.25. The first-order valence-corrected chi connectivity index (χ1v) is 8.25. The highest BCUT2D eigenvalue weighted by atomic mass is 16.3. The predicted molar refractivity (Wildman–Crippen MR) is 99.7 cm³/mol. The van der Waals surface area contributed by atoms with E-state index in [1.54, 1.807) is 11.3 Å². The van der Waals surface area contributed by atoms with Crippen LogP contribution in [0.5, 0.6) is 5.88 Å². The van der Waals surface area contributed by atoms with Gasteiger partial charge in [-0.3, -0.25) is 4.40 Å². The van der Waals surface area contributed by atoms with Crippen LogP contribution < -0.4 is 0 Å². The van der Waals surface area contributed by atoms with Crippen LogP contribution in [-0.2, 0) is 0 Å². The molecule has 0 saturated carbocycles. The standard InChI is InChI=1S/C21H19N3O/c1-13-9-14(2)11-17(10-13)19-20-22-15(3)21(25)24(20)12-18(23-19)16-7-5-4-6-8-16/h4-12,25H,1-3H3. The quantitative estimate of drug-likeness (QED) is 0.580. The molecule has 2 heterocycles. The maximum atomic E-state index is 10.4. The number of hydrogen-bond acceptors (Lipinski definition) is 3. The summed E-state index contributed by atoms with van der Waals surface area (Å²) < 4.78 is 1.72. The van der Waals surface area contributed by atoms with Gasteiger partial charge in [-0.25, -0.2) is 9.97 Å². The second kappa shape index (κ2) is 5.74. The molecule has 4 heteroatoms. The molecule has 4 aromatic rings. The topological polar surface area (TPSA) is 50.4 Å². The summed E-state index contributed by atoms with van der Waals surface area (Å²) in [5, 5.41) is 10.4. The lowest BCUT2D eigenvalue weighted by Crippen LogP contribution is -1.97. The van der Waals surface area contributed by atoms with E-state index in [4.69, 9.17) is 4.98 Å². The van der Waals surface area contributed by atoms with Crippen LogP contribution in [0.2, 0.25) is 0 Å². The molecule has 0 amide bonds. The van der Waals surface area contributed by atoms with Crippen molar-refractivity contribution in [2.75, 3.05) is 0 Å². The molecular weight excluding hydrogens is 310 g/mol. The van der Waals surface area contributed by atoms with Gasteiger partial charge in [0.1, 0.15) is 11.4 Å². The van der Waals surface area contributed by atoms with Gasteiger partial charge in [0, 0.05) is 17.3 Å². The van der Waals surface area contributed by atoms with E-state index in [1.807, 2.05) is 36.5 Å². The van der Waals surface area contributed by atoms with Crippen molar-refractivity contribution in [3.63, 3.8) is 0 Å². The van der Waals surface area contributed by atoms with Gasteiger partial charge < -0.3 is 5.11 Å². The Labute approximate surface area is 146 Å². The number of aryl methyl sites for hydroxylation is 3. The fraction of sp³-hybridized carbons (Fsp3) is 0.143. The predicted octanol–water partition coefficient (Wildman–Crippen LogP) is 4.69. The molecule has 0 radical (unpaired) electrons. The highest BCUT2D eigenvalue weighted by molar-refractivity contribution is 5.78. The highest BCUT2D eigenvalue weighted by Crippen LogP contribution is 2.31. The zero-order valence-corrected chi connectivity index (χ0v) is 14.5. The monoisotopic (exact) mass is 329 g/mol. The summed E-state index contributed by atoms with van der Waals surface area (Å²) in [4.78, 5) is 9.42. The molecule has 0 atom stereocenters. The Balaban J connectivity index is 2.06. The molecule has 0 spiro atoms. The van der Waals surface area contributed by atoms with E-state index < -0.39 is 0 Å². The Bertz CT molecular complexity index is 1060. The molecule has 0 aliphatic rings. The molecule has 25 heavy (non-hydrogen) atoms. The average Bonchev–Trinajstić information content (AvgIpc) is 2.89. The van der Waals surface area contributed by atoms with Gasteiger partial charge in [-0.1, -0.05) is 47.5 Å². The molecule has 2 aromatic carbocycles. The van der Waals surface area contributed by atoms with Gasteiger partial charge in [0.15, 0.2) is 5.65 Å². The van der Waals surface area contributed by atoms with Gasteiger partial charge in [-0.05, 0) is 32.9 Å². The molecule has 0 fully saturated rings. The van der Waals surface area contributed by atoms with Crippen LogP contribution in [-0.4, -0.2) is 19.5 Å². The van der Waals surface area contributed by atoms with Crippen molar-refractivity contribution in [3.05, 3.63) is 71.5 Å². The van der Waals surface area contributed by atoms with E-state index in [1.165, 1.54) is 11.1 Å². The summed E-state index contributed by atoms with van der Waals surface area (Å²) in [7, 11) is 0. The Kier molecular flexibility index (Phi) is 3.53. The van der Waals surface area contributed by atoms with Gasteiger partial charge in [0.2, 0.25) is 5.88 Å². The largest absolute Gasteiger partial charge is 0.493 e. The van der Waals surface area contributed by atoms with Crippen molar-refractivity contribution in [3.8, 4) is 28.4 Å². The number of rotatable bonds is 2. The van der Waals surface area contributed by atoms with Gasteiger partial charge in [0.05, 0.1) is 5.69 Å². The van der Waals surface area contributed by atoms with E-state index in [9.17, 15) is 5.11 Å². The third kappa shape index (κ3) is 2.66. The molecule has 4 nitrogen and oxygen atoms in total. The lowest BCUT2D eigenvalue weighted by atomic mass is 10.0. The summed E-state index contributed by atoms with van der Waals surface area (Å²) in [6, 6.07) is 16.3. The Morgan fingerprint density at radius 3 is 2.20 bits per heavy atom. The first-order chi connectivity index (χ1) is 12.0. The molecule has 0 unspecified atom stereocenters. The molecule has 4 rings (SSSR count). The normalized spacial score (nSPS) is 11.2. The van der Waals surface area contributed by atoms with Crippen LogP contribution in [0.25, 0.3) is 28.2 Å². The summed E-state index contributed by atoms with van der Waals surface area (Å²) in [5.41, 5.74) is 7.19. The zero-order valence-electron chi connectivity index (χ0n) is 14.5. The van der Waals surface area contributed by atoms with Crippen molar-refractivity contribution >= 4 is 5.65 Å². The van der Waals surface area contributed by atoms with Crippen molar-refractivity contribution in [2.45, 2.75) is 20.8 Å². The van der Waals surface area contributed by atoms with Gasteiger partial charge in [0.25, 0.3) is 0 Å². The van der Waals surface area contributed by atoms with E-state index in [2.05, 4.69) is 37.0 Å². The van der Waals surface area contributed by atoms with Crippen molar-refractivity contribution in [1.29, 1.82) is 0 Å². The van der Waals surface area contributed by atoms with E-state index in [-0.39, 0.29) is 5.88 Å². The second-order valence-corrected chi connectivity index (χ2v) is 6.43. The van der Waals surface area contributed by atoms with Crippen molar-refractivity contribution < 1.29 is 5.11 Å². The number of aromatic nitrogens is 3. The molecule has 0 bridgehead atoms. The number of benzene rings is 2. The van der Waals surface area contributed by atoms with Gasteiger partial charge in [-0.2, -0.15) is 0 Å². The van der Waals surface area contributed by atoms with Crippen LogP contribution in [0.1, 0.15) is 16.8 Å². The summed E-state index contributed by atoms with van der Waals surface area (Å²) >= 11 is 0. The number of nitrogens with zero attached hydrogens (tertiary/aromatic N) is 3. The van der Waals surface area contributed by atoms with Crippen LogP contribution >= 0.6 is 0 Å². The number of hydrogen-bond donors (Lipinski definition) is 1. The summed E-state index contributed by atoms with van der Waals surface area (Å²) in [6.07, 6.45) is 1.84. The van der Waals surface area contributed by atoms with E-state index in [0.717, 1.165) is 22.5 Å². The maximum absolute atomic E-state index is 10.4. The average molecular weight is 329 g/mol. The number of aromatic hydroxyl groups is 1. The first kappa shape index (κ1) is 15.4. The molecule has 0 aliphatic carbocycles. The minimum atomic E-state index is 0.153. The van der Waals surface area contributed by atoms with Crippen LogP contribution in [0, 0.1) is 20.8 Å². The molecule has 2 aromatic heterocycles. The summed E-state index contributed by atoms with van der Waals surface area (Å²) in [5.74, 6) is 0.153. The molecular formula is C21H19N3O. The SMILES string of the molecule is Cc1cc(C)cc(-c2nc(-c3ccccc3)cn3c(O)c(C)nc23)c1. The third-order valence-corrected chi connectivity index (χ3v) is 4.31. The maximum Gasteiger partial charge on any atom is 0.219 e. The zero-order chi connectivity index (χ0) is 17.6. The molecule has 0 aliphatic heterocycles. The minimum absolute atomic E-state index is 0.153. The fourth-order valence-electron chi connectivity index (χ4n) is 3.20. The van der Waals surface area contributed by atoms with Gasteiger partial charge in [-0.15, -0.1) is 0 Å². The molecule has 1 N–H and O–H groups in total. The smallest absolute Gasteiger partial charge is 0.219 e. The van der Waals surface area contributed by atoms with Crippen LogP contribution in [0.3, 0.4) is 0 Å². The van der Waals surface area contributed by atoms with Crippen molar-refractivity contribution in [1.82, 2.24) is 14.4 Å². The Hall–Kier alpha value is -3.14. The van der Waals surface area contributed by atoms with Crippen molar-refractivity contribution in [2.24, 2.45) is 0 Å². The second-order valence-electron chi connectivity index (χ2n) is 6.43.